The van der Waals surface area contributed by atoms with Gasteiger partial charge in [-0.05, 0) is 49.1 Å². The van der Waals surface area contributed by atoms with Gasteiger partial charge in [0.2, 0.25) is 0 Å². The third-order valence-electron chi connectivity index (χ3n) is 5.14. The molecule has 2 aliphatic rings. The lowest BCUT2D eigenvalue weighted by atomic mass is 10.1. The summed E-state index contributed by atoms with van der Waals surface area (Å²) in [5.74, 6) is 0.877. The molecule has 1 fully saturated rings. The number of pyridine rings is 1. The normalized spacial score (nSPS) is 18.4. The van der Waals surface area contributed by atoms with Crippen molar-refractivity contribution in [3.05, 3.63) is 47.7 Å². The Morgan fingerprint density at radius 1 is 1.33 bits per heavy atom. The van der Waals surface area contributed by atoms with Crippen LogP contribution in [0.5, 0.6) is 5.75 Å². The van der Waals surface area contributed by atoms with E-state index in [2.05, 4.69) is 24.3 Å². The maximum absolute atomic E-state index is 12.9. The Balaban J connectivity index is 1.43. The molecule has 0 atom stereocenters. The number of rotatable bonds is 6. The molecule has 33 heavy (non-hydrogen) atoms. The fourth-order valence-electron chi connectivity index (χ4n) is 3.55. The van der Waals surface area contributed by atoms with Crippen LogP contribution in [-0.4, -0.2) is 64.3 Å². The summed E-state index contributed by atoms with van der Waals surface area (Å²) in [6.07, 6.45) is 1.62. The number of hydrogen-bond donors (Lipinski definition) is 5. The van der Waals surface area contributed by atoms with E-state index in [1.165, 1.54) is 0 Å². The van der Waals surface area contributed by atoms with Crippen LogP contribution in [-0.2, 0) is 4.74 Å². The van der Waals surface area contributed by atoms with Crippen LogP contribution >= 0.6 is 11.0 Å². The van der Waals surface area contributed by atoms with E-state index >= 15 is 0 Å². The van der Waals surface area contributed by atoms with Crippen LogP contribution in [0.2, 0.25) is 0 Å². The Hall–Kier alpha value is -3.06. The molecule has 0 aliphatic carbocycles. The van der Waals surface area contributed by atoms with Crippen LogP contribution in [0.1, 0.15) is 29.8 Å². The zero-order chi connectivity index (χ0) is 23.6. The van der Waals surface area contributed by atoms with Crippen LogP contribution in [0.3, 0.4) is 0 Å². The van der Waals surface area contributed by atoms with Crippen LogP contribution in [0.25, 0.3) is 0 Å². The first-order valence-electron chi connectivity index (χ1n) is 10.4. The number of nitrogens with one attached hydrogen (secondary N) is 2. The average molecular weight is 477 g/mol. The lowest BCUT2D eigenvalue weighted by Crippen LogP contribution is -2.48. The molecular formula is C21H28N6O5S. The second-order valence-corrected chi connectivity index (χ2v) is 9.83. The molecule has 0 saturated carbocycles. The van der Waals surface area contributed by atoms with Crippen LogP contribution < -0.4 is 25.4 Å². The number of anilines is 2. The molecule has 0 radical (unpaired) electrons. The highest BCUT2D eigenvalue weighted by Gasteiger charge is 2.27. The van der Waals surface area contributed by atoms with E-state index in [4.69, 9.17) is 15.2 Å². The molecular weight excluding hydrogens is 448 g/mol. The van der Waals surface area contributed by atoms with E-state index in [0.717, 1.165) is 18.9 Å². The van der Waals surface area contributed by atoms with E-state index < -0.39 is 16.5 Å². The van der Waals surface area contributed by atoms with E-state index in [1.54, 1.807) is 36.5 Å². The molecule has 3 heterocycles. The summed E-state index contributed by atoms with van der Waals surface area (Å²) in [5, 5.41) is 2.99. The molecule has 2 aliphatic heterocycles. The van der Waals surface area contributed by atoms with E-state index in [9.17, 15) is 13.9 Å². The number of amidine groups is 1. The first-order chi connectivity index (χ1) is 15.6. The molecule has 12 heteroatoms. The van der Waals surface area contributed by atoms with Crippen molar-refractivity contribution in [3.8, 4) is 5.75 Å². The summed E-state index contributed by atoms with van der Waals surface area (Å²) in [7, 11) is -3.38. The number of carbonyl (C=O) groups is 1. The van der Waals surface area contributed by atoms with Crippen molar-refractivity contribution < 1.29 is 23.4 Å². The average Bonchev–Trinajstić information content (AvgIpc) is 2.77. The molecule has 11 nitrogen and oxygen atoms in total. The van der Waals surface area contributed by atoms with Gasteiger partial charge in [-0.25, -0.2) is 4.98 Å². The fourth-order valence-corrected chi connectivity index (χ4v) is 4.43. The molecule has 1 saturated heterocycles. The Labute approximate surface area is 193 Å². The van der Waals surface area contributed by atoms with E-state index in [1.807, 2.05) is 13.8 Å². The third-order valence-corrected chi connectivity index (χ3v) is 6.08. The van der Waals surface area contributed by atoms with Crippen molar-refractivity contribution in [3.63, 3.8) is 0 Å². The predicted octanol–water partition coefficient (Wildman–Crippen LogP) is 2.22. The number of carbonyl (C=O) groups excluding carboxylic acids is 1. The van der Waals surface area contributed by atoms with Crippen LogP contribution in [0, 0.1) is 0 Å². The van der Waals surface area contributed by atoms with Crippen molar-refractivity contribution in [1.29, 1.82) is 0 Å². The summed E-state index contributed by atoms with van der Waals surface area (Å²) in [4.78, 5) is 19.4. The van der Waals surface area contributed by atoms with Gasteiger partial charge >= 0.3 is 0 Å². The molecule has 178 valence electrons. The lowest BCUT2D eigenvalue weighted by Gasteiger charge is -2.34. The molecule has 0 unspecified atom stereocenters. The van der Waals surface area contributed by atoms with E-state index in [-0.39, 0.29) is 18.3 Å². The minimum Gasteiger partial charge on any atom is -0.490 e. The van der Waals surface area contributed by atoms with Gasteiger partial charge in [-0.15, -0.1) is 4.40 Å². The molecule has 1 aromatic carbocycles. The Kier molecular flexibility index (Phi) is 6.34. The number of morpholine rings is 1. The largest absolute Gasteiger partial charge is 0.490 e. The number of nitrogens with zero attached hydrogens (tertiary/aromatic N) is 3. The summed E-state index contributed by atoms with van der Waals surface area (Å²) in [5.41, 5.74) is 6.57. The SMILES string of the molecule is CC(C)(COc1cccc2c1C(N)=NS(O)(O)N2)NC(=O)c1ccnc(N2CCOCC2)c1. The number of fused-ring (bicyclic) bond motifs is 1. The molecule has 6 N–H and O–H groups in total. The van der Waals surface area contributed by atoms with Crippen LogP contribution in [0.15, 0.2) is 40.9 Å². The van der Waals surface area contributed by atoms with Crippen molar-refractivity contribution in [2.24, 2.45) is 10.1 Å². The summed E-state index contributed by atoms with van der Waals surface area (Å²) in [6.45, 7) is 6.56. The number of nitrogens with two attached hydrogens (primary N) is 1. The number of amides is 1. The standard InChI is InChI=1S/C21H28N6O5S/c1-21(2,13-32-16-5-3-4-15-18(16)19(22)26-33(29,30)25-15)24-20(28)14-6-7-23-17(12-14)27-8-10-31-11-9-27/h3-7,12,25,29-30H,8-11,13H2,1-2H3,(H2,22,26)(H,24,28). The number of hydrogen-bond acceptors (Lipinski definition) is 10. The molecule has 2 aromatic rings. The highest BCUT2D eigenvalue weighted by atomic mass is 32.3. The molecule has 1 aromatic heterocycles. The molecule has 1 amide bonds. The van der Waals surface area contributed by atoms with Gasteiger partial charge in [0.1, 0.15) is 18.2 Å². The Morgan fingerprint density at radius 3 is 2.85 bits per heavy atom. The highest BCUT2D eigenvalue weighted by Crippen LogP contribution is 2.46. The first-order valence-corrected chi connectivity index (χ1v) is 11.9. The Bertz CT molecular complexity index is 1070. The quantitative estimate of drug-likeness (QED) is 0.422. The van der Waals surface area contributed by atoms with Crippen molar-refractivity contribution in [1.82, 2.24) is 10.3 Å². The van der Waals surface area contributed by atoms with Gasteiger partial charge in [0.25, 0.3) is 5.91 Å². The topological polar surface area (TPSA) is 155 Å². The minimum atomic E-state index is -3.38. The second kappa shape index (κ2) is 9.06. The maximum Gasteiger partial charge on any atom is 0.252 e. The molecule has 0 bridgehead atoms. The Morgan fingerprint density at radius 2 is 2.09 bits per heavy atom. The van der Waals surface area contributed by atoms with Crippen molar-refractivity contribution >= 4 is 34.2 Å². The summed E-state index contributed by atoms with van der Waals surface area (Å²) < 4.78 is 37.2. The second-order valence-electron chi connectivity index (χ2n) is 8.40. The number of aromatic nitrogens is 1. The summed E-state index contributed by atoms with van der Waals surface area (Å²) in [6, 6.07) is 8.50. The van der Waals surface area contributed by atoms with Gasteiger partial charge in [0.05, 0.1) is 30.0 Å². The van der Waals surface area contributed by atoms with Gasteiger partial charge in [0, 0.05) is 24.8 Å². The zero-order valence-corrected chi connectivity index (χ0v) is 19.3. The van der Waals surface area contributed by atoms with Gasteiger partial charge in [-0.3, -0.25) is 18.6 Å². The minimum absolute atomic E-state index is 0.0337. The lowest BCUT2D eigenvalue weighted by molar-refractivity contribution is 0.0880. The van der Waals surface area contributed by atoms with Gasteiger partial charge in [0.15, 0.2) is 5.84 Å². The van der Waals surface area contributed by atoms with E-state index in [0.29, 0.717) is 35.8 Å². The zero-order valence-electron chi connectivity index (χ0n) is 18.4. The predicted molar refractivity (Wildman–Crippen MR) is 128 cm³/mol. The maximum atomic E-state index is 12.9. The molecule has 4 rings (SSSR count). The van der Waals surface area contributed by atoms with Gasteiger partial charge < -0.3 is 25.4 Å². The first kappa shape index (κ1) is 23.1. The fraction of sp³-hybridized carbons (Fsp3) is 0.381. The van der Waals surface area contributed by atoms with Crippen LogP contribution in [0.4, 0.5) is 11.5 Å². The van der Waals surface area contributed by atoms with Crippen molar-refractivity contribution in [2.75, 3.05) is 42.5 Å². The highest BCUT2D eigenvalue weighted by molar-refractivity contribution is 8.24. The van der Waals surface area contributed by atoms with Gasteiger partial charge in [-0.2, -0.15) is 0 Å². The van der Waals surface area contributed by atoms with Crippen molar-refractivity contribution in [2.45, 2.75) is 19.4 Å². The van der Waals surface area contributed by atoms with Gasteiger partial charge in [-0.1, -0.05) is 6.07 Å². The summed E-state index contributed by atoms with van der Waals surface area (Å²) >= 11 is 0. The number of ether oxygens (including phenoxy) is 2. The monoisotopic (exact) mass is 476 g/mol. The smallest absolute Gasteiger partial charge is 0.252 e. The third kappa shape index (κ3) is 5.47. The number of benzene rings is 1. The molecule has 0 spiro atoms.